The number of rotatable bonds is 9. The molecule has 0 aromatic carbocycles. The highest BCUT2D eigenvalue weighted by molar-refractivity contribution is 6.79. The summed E-state index contributed by atoms with van der Waals surface area (Å²) in [6.07, 6.45) is 8.96. The lowest BCUT2D eigenvalue weighted by Crippen LogP contribution is -2.63. The Morgan fingerprint density at radius 2 is 1.84 bits per heavy atom. The Kier molecular flexibility index (Phi) is 6.64. The van der Waals surface area contributed by atoms with Gasteiger partial charge in [-0.2, -0.15) is 0 Å². The number of hydrogen-bond donors (Lipinski definition) is 4. The third kappa shape index (κ3) is 4.49. The van der Waals surface area contributed by atoms with Crippen molar-refractivity contribution < 1.29 is 10.2 Å². The highest BCUT2D eigenvalue weighted by Crippen LogP contribution is 2.39. The van der Waals surface area contributed by atoms with Gasteiger partial charge in [0, 0.05) is 18.1 Å². The molecular weight excluding hydrogens is 328 g/mol. The molecule has 1 aliphatic carbocycles. The van der Waals surface area contributed by atoms with Crippen LogP contribution in [-0.2, 0) is 0 Å². The number of nitrogens with one attached hydrogen (secondary N) is 2. The summed E-state index contributed by atoms with van der Waals surface area (Å²) in [4.78, 5) is 0. The van der Waals surface area contributed by atoms with E-state index in [0.29, 0.717) is 18.1 Å². The summed E-state index contributed by atoms with van der Waals surface area (Å²) in [6, 6.07) is 6.24. The molecule has 0 amide bonds. The molecule has 3 rings (SSSR count). The molecule has 0 spiro atoms. The van der Waals surface area contributed by atoms with Crippen molar-refractivity contribution in [2.45, 2.75) is 119 Å². The monoisotopic (exact) mass is 368 g/mol. The maximum absolute atomic E-state index is 10.7. The number of aliphatic hydroxyl groups excluding tert-OH is 1. The molecule has 1 unspecified atom stereocenters. The standard InChI is InChI=1S/C20H40N2O2Si/c1-3-25(4-2,15-18(23)17-8-7-12-21-17)13-9-16-14-19(22-16)20(24)10-5-6-11-20/h16-19,21-24H,3-15H2,1-2H3/t16?,17-,18+,19-/m0/s1. The van der Waals surface area contributed by atoms with Gasteiger partial charge in [0.05, 0.1) is 19.8 Å². The molecule has 0 bridgehead atoms. The summed E-state index contributed by atoms with van der Waals surface area (Å²) in [5.41, 5.74) is -0.412. The van der Waals surface area contributed by atoms with Gasteiger partial charge in [-0.1, -0.05) is 44.8 Å². The SMILES string of the molecule is CC[Si](CC)(CCC1C[C@@H](C2(O)CCCC2)N1)C[C@@H](O)[C@@H]1CCCN1. The van der Waals surface area contributed by atoms with Gasteiger partial charge in [-0.15, -0.1) is 0 Å². The molecule has 2 saturated heterocycles. The zero-order valence-electron chi connectivity index (χ0n) is 16.4. The molecule has 2 heterocycles. The van der Waals surface area contributed by atoms with Gasteiger partial charge >= 0.3 is 0 Å². The molecule has 3 aliphatic rings. The minimum absolute atomic E-state index is 0.143. The summed E-state index contributed by atoms with van der Waals surface area (Å²) in [7, 11) is -1.38. The summed E-state index contributed by atoms with van der Waals surface area (Å²) in [5, 5.41) is 28.6. The first kappa shape index (κ1) is 19.8. The van der Waals surface area contributed by atoms with Crippen LogP contribution in [0.4, 0.5) is 0 Å². The number of aliphatic hydroxyl groups is 2. The highest BCUT2D eigenvalue weighted by atomic mass is 28.3. The van der Waals surface area contributed by atoms with Crippen LogP contribution in [0.15, 0.2) is 0 Å². The molecule has 146 valence electrons. The van der Waals surface area contributed by atoms with E-state index in [1.807, 2.05) is 0 Å². The van der Waals surface area contributed by atoms with Gasteiger partial charge in [-0.05, 0) is 51.1 Å². The fourth-order valence-electron chi connectivity index (χ4n) is 5.56. The fourth-order valence-corrected chi connectivity index (χ4v) is 9.68. The second-order valence-corrected chi connectivity index (χ2v) is 14.5. The van der Waals surface area contributed by atoms with Gasteiger partial charge < -0.3 is 20.8 Å². The molecule has 4 atom stereocenters. The van der Waals surface area contributed by atoms with E-state index < -0.39 is 13.7 Å². The zero-order chi connectivity index (χ0) is 17.9. The smallest absolute Gasteiger partial charge is 0.0800 e. The van der Waals surface area contributed by atoms with Gasteiger partial charge in [-0.3, -0.25) is 0 Å². The third-order valence-electron chi connectivity index (χ3n) is 7.80. The normalized spacial score (nSPS) is 33.4. The highest BCUT2D eigenvalue weighted by Gasteiger charge is 2.46. The maximum Gasteiger partial charge on any atom is 0.0800 e. The molecular formula is C20H40N2O2Si. The Hall–Kier alpha value is 0.0569. The minimum atomic E-state index is -1.38. The Bertz CT molecular complexity index is 412. The van der Waals surface area contributed by atoms with Gasteiger partial charge in [0.25, 0.3) is 0 Å². The summed E-state index contributed by atoms with van der Waals surface area (Å²) in [5.74, 6) is 0. The van der Waals surface area contributed by atoms with Crippen LogP contribution in [0.5, 0.6) is 0 Å². The van der Waals surface area contributed by atoms with Crippen molar-refractivity contribution in [2.75, 3.05) is 6.54 Å². The van der Waals surface area contributed by atoms with Crippen molar-refractivity contribution in [3.63, 3.8) is 0 Å². The average Bonchev–Trinajstić information content (AvgIpc) is 3.24. The minimum Gasteiger partial charge on any atom is -0.392 e. The van der Waals surface area contributed by atoms with Crippen LogP contribution >= 0.6 is 0 Å². The predicted octanol–water partition coefficient (Wildman–Crippen LogP) is 3.01. The van der Waals surface area contributed by atoms with Crippen molar-refractivity contribution in [2.24, 2.45) is 0 Å². The topological polar surface area (TPSA) is 64.5 Å². The van der Waals surface area contributed by atoms with E-state index in [4.69, 9.17) is 0 Å². The van der Waals surface area contributed by atoms with Crippen LogP contribution in [-0.4, -0.2) is 54.7 Å². The molecule has 0 radical (unpaired) electrons. The number of hydrogen-bond acceptors (Lipinski definition) is 4. The van der Waals surface area contributed by atoms with Crippen molar-refractivity contribution in [3.8, 4) is 0 Å². The second-order valence-electron chi connectivity index (χ2n) is 9.18. The first-order chi connectivity index (χ1) is 12.0. The van der Waals surface area contributed by atoms with Gasteiger partial charge in [0.2, 0.25) is 0 Å². The van der Waals surface area contributed by atoms with E-state index in [2.05, 4.69) is 24.5 Å². The van der Waals surface area contributed by atoms with E-state index in [0.717, 1.165) is 38.3 Å². The van der Waals surface area contributed by atoms with Crippen LogP contribution in [0, 0.1) is 0 Å². The molecule has 0 aromatic rings. The van der Waals surface area contributed by atoms with Gasteiger partial charge in [-0.25, -0.2) is 0 Å². The summed E-state index contributed by atoms with van der Waals surface area (Å²) in [6.45, 7) is 5.77. The second kappa shape index (κ2) is 8.38. The molecule has 4 nitrogen and oxygen atoms in total. The van der Waals surface area contributed by atoms with E-state index >= 15 is 0 Å². The molecule has 1 saturated carbocycles. The van der Waals surface area contributed by atoms with Gasteiger partial charge in [0.15, 0.2) is 0 Å². The van der Waals surface area contributed by atoms with Gasteiger partial charge in [0.1, 0.15) is 0 Å². The van der Waals surface area contributed by atoms with Crippen molar-refractivity contribution in [1.82, 2.24) is 10.6 Å². The molecule has 2 aliphatic heterocycles. The van der Waals surface area contributed by atoms with Crippen molar-refractivity contribution in [3.05, 3.63) is 0 Å². The van der Waals surface area contributed by atoms with Crippen LogP contribution in [0.3, 0.4) is 0 Å². The zero-order valence-corrected chi connectivity index (χ0v) is 17.4. The maximum atomic E-state index is 10.7. The lowest BCUT2D eigenvalue weighted by molar-refractivity contribution is -0.0305. The quantitative estimate of drug-likeness (QED) is 0.472. The third-order valence-corrected chi connectivity index (χ3v) is 13.4. The molecule has 3 fully saturated rings. The van der Waals surface area contributed by atoms with Crippen LogP contribution in [0.1, 0.15) is 65.2 Å². The Balaban J connectivity index is 1.45. The summed E-state index contributed by atoms with van der Waals surface area (Å²) < 4.78 is 0. The van der Waals surface area contributed by atoms with Crippen LogP contribution in [0.2, 0.25) is 24.2 Å². The van der Waals surface area contributed by atoms with E-state index in [-0.39, 0.29) is 6.10 Å². The Labute approximate surface area is 155 Å². The molecule has 4 N–H and O–H groups in total. The molecule has 0 aromatic heterocycles. The van der Waals surface area contributed by atoms with Crippen molar-refractivity contribution in [1.29, 1.82) is 0 Å². The predicted molar refractivity (Wildman–Crippen MR) is 107 cm³/mol. The molecule has 5 heteroatoms. The molecule has 25 heavy (non-hydrogen) atoms. The van der Waals surface area contributed by atoms with Crippen LogP contribution in [0.25, 0.3) is 0 Å². The fraction of sp³-hybridized carbons (Fsp3) is 1.00. The van der Waals surface area contributed by atoms with E-state index in [1.165, 1.54) is 43.8 Å². The largest absolute Gasteiger partial charge is 0.392 e. The lowest BCUT2D eigenvalue weighted by atomic mass is 9.81. The first-order valence-electron chi connectivity index (χ1n) is 10.9. The van der Waals surface area contributed by atoms with E-state index in [1.54, 1.807) is 0 Å². The Morgan fingerprint density at radius 1 is 1.16 bits per heavy atom. The average molecular weight is 369 g/mol. The van der Waals surface area contributed by atoms with Crippen molar-refractivity contribution >= 4 is 8.07 Å². The van der Waals surface area contributed by atoms with Crippen LogP contribution < -0.4 is 10.6 Å². The lowest BCUT2D eigenvalue weighted by Gasteiger charge is -2.47. The Morgan fingerprint density at radius 3 is 2.40 bits per heavy atom. The van der Waals surface area contributed by atoms with E-state index in [9.17, 15) is 10.2 Å². The first-order valence-corrected chi connectivity index (χ1v) is 13.7. The summed E-state index contributed by atoms with van der Waals surface area (Å²) >= 11 is 0.